The highest BCUT2D eigenvalue weighted by Gasteiger charge is 1.95. The first-order valence-corrected chi connectivity index (χ1v) is 4.92. The fourth-order valence-electron chi connectivity index (χ4n) is 0.886. The van der Waals surface area contributed by atoms with Gasteiger partial charge in [0.15, 0.2) is 0 Å². The van der Waals surface area contributed by atoms with Crippen molar-refractivity contribution in [1.82, 2.24) is 0 Å². The van der Waals surface area contributed by atoms with Crippen molar-refractivity contribution in [1.29, 1.82) is 0 Å². The van der Waals surface area contributed by atoms with Crippen molar-refractivity contribution in [3.8, 4) is 12.8 Å². The minimum atomic E-state index is 1.19. The molecule has 0 rings (SSSR count). The van der Waals surface area contributed by atoms with Gasteiger partial charge in [0.05, 0.1) is 0 Å². The van der Waals surface area contributed by atoms with Crippen LogP contribution < -0.4 is 0 Å². The molecule has 0 unspecified atom stereocenters. The molecule has 0 radical (unpaired) electrons. The van der Waals surface area contributed by atoms with Crippen LogP contribution >= 0.6 is 0 Å². The Kier molecular flexibility index (Phi) is 11.2. The Morgan fingerprint density at radius 1 is 1.07 bits per heavy atom. The van der Waals surface area contributed by atoms with Gasteiger partial charge in [-0.3, -0.25) is 4.99 Å². The molecule has 82 valence electrons. The molecule has 0 saturated heterocycles. The van der Waals surface area contributed by atoms with Crippen LogP contribution in [-0.4, -0.2) is 6.21 Å². The summed E-state index contributed by atoms with van der Waals surface area (Å²) >= 11 is 0. The second kappa shape index (κ2) is 10.5. The first kappa shape index (κ1) is 15.9. The zero-order valence-electron chi connectivity index (χ0n) is 10.4. The highest BCUT2D eigenvalue weighted by Crippen LogP contribution is 2.11. The van der Waals surface area contributed by atoms with Crippen molar-refractivity contribution in [2.75, 3.05) is 0 Å². The van der Waals surface area contributed by atoms with E-state index in [1.165, 1.54) is 16.7 Å². The normalized spacial score (nSPS) is 11.3. The number of rotatable bonds is 3. The lowest BCUT2D eigenvalue weighted by molar-refractivity contribution is 1.27. The smallest absolute Gasteiger partial charge is 0.0339 e. The summed E-state index contributed by atoms with van der Waals surface area (Å²) < 4.78 is 0. The van der Waals surface area contributed by atoms with E-state index >= 15 is 0 Å². The Bertz CT molecular complexity index is 295. The fourth-order valence-corrected chi connectivity index (χ4v) is 0.886. The number of terminal acetylenes is 1. The molecular weight excluding hydrogens is 182 g/mol. The van der Waals surface area contributed by atoms with E-state index in [1.807, 2.05) is 26.1 Å². The number of allylic oxidation sites excluding steroid dienone is 5. The lowest BCUT2D eigenvalue weighted by Crippen LogP contribution is -1.88. The Labute approximate surface area is 94.3 Å². The first-order valence-electron chi connectivity index (χ1n) is 4.92. The molecule has 0 N–H and O–H groups in total. The lowest BCUT2D eigenvalue weighted by atomic mass is 10.0. The summed E-state index contributed by atoms with van der Waals surface area (Å²) in [5.41, 5.74) is 3.83. The number of nitrogens with zero attached hydrogens (tertiary/aromatic N) is 1. The van der Waals surface area contributed by atoms with Crippen LogP contribution in [0, 0.1) is 12.8 Å². The Hall–Kier alpha value is -1.55. The van der Waals surface area contributed by atoms with E-state index in [0.717, 1.165) is 0 Å². The highest BCUT2D eigenvalue weighted by molar-refractivity contribution is 5.84. The third kappa shape index (κ3) is 7.52. The third-order valence-corrected chi connectivity index (χ3v) is 1.94. The topological polar surface area (TPSA) is 12.4 Å². The maximum absolute atomic E-state index is 4.16. The van der Waals surface area contributed by atoms with Gasteiger partial charge in [-0.1, -0.05) is 17.7 Å². The maximum atomic E-state index is 4.16. The van der Waals surface area contributed by atoms with Crippen molar-refractivity contribution in [2.24, 2.45) is 4.99 Å². The summed E-state index contributed by atoms with van der Waals surface area (Å²) in [5.74, 6) is 0. The Morgan fingerprint density at radius 2 is 1.60 bits per heavy atom. The molecule has 0 atom stereocenters. The second-order valence-electron chi connectivity index (χ2n) is 3.13. The van der Waals surface area contributed by atoms with E-state index in [2.05, 4.69) is 44.7 Å². The Balaban J connectivity index is 0. The summed E-state index contributed by atoms with van der Waals surface area (Å²) in [6, 6.07) is 0. The minimum Gasteiger partial charge on any atom is -0.264 e. The van der Waals surface area contributed by atoms with E-state index in [0.29, 0.717) is 0 Å². The van der Waals surface area contributed by atoms with Gasteiger partial charge in [0.25, 0.3) is 0 Å². The van der Waals surface area contributed by atoms with E-state index in [9.17, 15) is 0 Å². The van der Waals surface area contributed by atoms with Gasteiger partial charge in [-0.05, 0) is 45.8 Å². The van der Waals surface area contributed by atoms with E-state index in [1.54, 1.807) is 6.20 Å². The summed E-state index contributed by atoms with van der Waals surface area (Å²) in [5, 5.41) is 0. The van der Waals surface area contributed by atoms with Crippen LogP contribution in [-0.2, 0) is 0 Å². The van der Waals surface area contributed by atoms with Crippen molar-refractivity contribution < 1.29 is 0 Å². The van der Waals surface area contributed by atoms with Gasteiger partial charge in [0, 0.05) is 12.4 Å². The van der Waals surface area contributed by atoms with Crippen LogP contribution in [0.1, 0.15) is 34.6 Å². The minimum absolute atomic E-state index is 1.19. The summed E-state index contributed by atoms with van der Waals surface area (Å²) in [4.78, 5) is 4.16. The van der Waals surface area contributed by atoms with E-state index in [-0.39, 0.29) is 0 Å². The predicted octanol–water partition coefficient (Wildman–Crippen LogP) is 4.14. The van der Waals surface area contributed by atoms with Crippen LogP contribution in [0.2, 0.25) is 0 Å². The molecule has 0 aromatic rings. The van der Waals surface area contributed by atoms with Crippen LogP contribution in [0.15, 0.2) is 40.1 Å². The van der Waals surface area contributed by atoms with Gasteiger partial charge in [0.2, 0.25) is 0 Å². The SMILES string of the molecule is C#C.C\C=C/N=C\C(=C\C)C(C)=C(C)C. The highest BCUT2D eigenvalue weighted by atomic mass is 14.7. The van der Waals surface area contributed by atoms with Crippen molar-refractivity contribution in [3.63, 3.8) is 0 Å². The zero-order chi connectivity index (χ0) is 12.3. The number of hydrogen-bond donors (Lipinski definition) is 0. The molecule has 0 bridgehead atoms. The van der Waals surface area contributed by atoms with Gasteiger partial charge in [-0.15, -0.1) is 12.8 Å². The van der Waals surface area contributed by atoms with Crippen LogP contribution in [0.3, 0.4) is 0 Å². The fraction of sp³-hybridized carbons (Fsp3) is 0.357. The van der Waals surface area contributed by atoms with Gasteiger partial charge in [-0.2, -0.15) is 0 Å². The van der Waals surface area contributed by atoms with Crippen molar-refractivity contribution >= 4 is 6.21 Å². The molecule has 0 spiro atoms. The number of aliphatic imine (C=N–C) groups is 1. The van der Waals surface area contributed by atoms with E-state index < -0.39 is 0 Å². The van der Waals surface area contributed by atoms with Crippen LogP contribution in [0.25, 0.3) is 0 Å². The zero-order valence-corrected chi connectivity index (χ0v) is 10.4. The second-order valence-corrected chi connectivity index (χ2v) is 3.13. The van der Waals surface area contributed by atoms with Gasteiger partial charge in [-0.25, -0.2) is 0 Å². The molecule has 0 amide bonds. The summed E-state index contributed by atoms with van der Waals surface area (Å²) in [7, 11) is 0. The summed E-state index contributed by atoms with van der Waals surface area (Å²) in [6.07, 6.45) is 15.7. The van der Waals surface area contributed by atoms with Crippen molar-refractivity contribution in [2.45, 2.75) is 34.6 Å². The molecule has 0 fully saturated rings. The average molecular weight is 203 g/mol. The first-order chi connectivity index (χ1) is 7.13. The van der Waals surface area contributed by atoms with Gasteiger partial charge in [0.1, 0.15) is 0 Å². The molecule has 0 heterocycles. The monoisotopic (exact) mass is 203 g/mol. The molecule has 0 aromatic carbocycles. The van der Waals surface area contributed by atoms with Crippen LogP contribution in [0.5, 0.6) is 0 Å². The summed E-state index contributed by atoms with van der Waals surface area (Å²) in [6.45, 7) is 10.3. The molecule has 0 aromatic heterocycles. The van der Waals surface area contributed by atoms with Crippen LogP contribution in [0.4, 0.5) is 0 Å². The molecule has 15 heavy (non-hydrogen) atoms. The van der Waals surface area contributed by atoms with Crippen molar-refractivity contribution in [3.05, 3.63) is 35.1 Å². The predicted molar refractivity (Wildman–Crippen MR) is 71.0 cm³/mol. The largest absolute Gasteiger partial charge is 0.264 e. The number of hydrogen-bond acceptors (Lipinski definition) is 1. The third-order valence-electron chi connectivity index (χ3n) is 1.94. The lowest BCUT2D eigenvalue weighted by Gasteiger charge is -2.02. The molecule has 1 nitrogen and oxygen atoms in total. The quantitative estimate of drug-likeness (QED) is 0.371. The van der Waals surface area contributed by atoms with Gasteiger partial charge < -0.3 is 0 Å². The molecule has 1 heteroatoms. The maximum Gasteiger partial charge on any atom is 0.0339 e. The Morgan fingerprint density at radius 3 is 1.93 bits per heavy atom. The molecule has 0 aliphatic heterocycles. The average Bonchev–Trinajstić information content (AvgIpc) is 2.26. The van der Waals surface area contributed by atoms with E-state index in [4.69, 9.17) is 0 Å². The standard InChI is InChI=1S/C12H19N.C2H2/c1-6-8-13-9-12(7-2)11(5)10(3)4;1-2/h6-9H,1-5H3;1-2H/b8-6-,12-7-,13-9-;. The molecule has 0 saturated carbocycles. The molecule has 0 aliphatic carbocycles. The van der Waals surface area contributed by atoms with Gasteiger partial charge >= 0.3 is 0 Å². The molecule has 0 aliphatic rings. The molecular formula is C14H21N.